The molecule has 112 valence electrons. The molecular weight excluding hydrogens is 259 g/mol. The number of benzene rings is 1. The second-order valence-electron chi connectivity index (χ2n) is 5.17. The van der Waals surface area contributed by atoms with Crippen LogP contribution in [-0.4, -0.2) is 67.9 Å². The number of rotatable bonds is 6. The summed E-state index contributed by atoms with van der Waals surface area (Å²) >= 11 is 0. The van der Waals surface area contributed by atoms with E-state index in [4.69, 9.17) is 4.74 Å². The van der Waals surface area contributed by atoms with Crippen LogP contribution in [0.1, 0.15) is 11.7 Å². The third kappa shape index (κ3) is 4.24. The first-order valence-corrected chi connectivity index (χ1v) is 7.07. The van der Waals surface area contributed by atoms with Crippen LogP contribution in [0.15, 0.2) is 24.3 Å². The van der Waals surface area contributed by atoms with Crippen molar-refractivity contribution in [1.82, 2.24) is 9.80 Å². The Hall–Kier alpha value is -1.01. The highest BCUT2D eigenvalue weighted by Crippen LogP contribution is 2.18. The lowest BCUT2D eigenvalue weighted by atomic mass is 10.1. The largest absolute Gasteiger partial charge is 0.387 e. The molecule has 1 N–H and O–H groups in total. The van der Waals surface area contributed by atoms with Crippen LogP contribution >= 0.6 is 0 Å². The van der Waals surface area contributed by atoms with Gasteiger partial charge in [0, 0.05) is 51.9 Å². The molecule has 1 heterocycles. The normalized spacial score (nSPS) is 19.1. The van der Waals surface area contributed by atoms with E-state index in [-0.39, 0.29) is 5.82 Å². The summed E-state index contributed by atoms with van der Waals surface area (Å²) in [6, 6.07) is 6.43. The molecule has 0 radical (unpaired) electrons. The summed E-state index contributed by atoms with van der Waals surface area (Å²) in [6.07, 6.45) is -0.762. The van der Waals surface area contributed by atoms with Crippen LogP contribution in [0.3, 0.4) is 0 Å². The molecule has 0 saturated carbocycles. The maximum atomic E-state index is 13.6. The maximum absolute atomic E-state index is 13.6. The standard InChI is InChI=1S/C15H23FN2O2/c1-20-11-10-17-6-8-18(9-7-17)12-15(19)13-4-2-3-5-14(13)16/h2-5,15,19H,6-12H2,1H3/t15-/m0/s1. The van der Waals surface area contributed by atoms with E-state index in [1.807, 2.05) is 0 Å². The van der Waals surface area contributed by atoms with Crippen LogP contribution < -0.4 is 0 Å². The van der Waals surface area contributed by atoms with Crippen LogP contribution in [0.25, 0.3) is 0 Å². The van der Waals surface area contributed by atoms with Crippen molar-refractivity contribution in [2.24, 2.45) is 0 Å². The highest BCUT2D eigenvalue weighted by molar-refractivity contribution is 5.20. The Morgan fingerprint density at radius 2 is 1.85 bits per heavy atom. The van der Waals surface area contributed by atoms with Crippen LogP contribution in [0.2, 0.25) is 0 Å². The Balaban J connectivity index is 1.79. The number of methoxy groups -OCH3 is 1. The summed E-state index contributed by atoms with van der Waals surface area (Å²) in [7, 11) is 1.71. The van der Waals surface area contributed by atoms with E-state index in [0.717, 1.165) is 39.3 Å². The van der Waals surface area contributed by atoms with E-state index in [0.29, 0.717) is 12.1 Å². The number of halogens is 1. The minimum Gasteiger partial charge on any atom is -0.387 e. The average molecular weight is 282 g/mol. The summed E-state index contributed by atoms with van der Waals surface area (Å²) in [5, 5.41) is 10.1. The number of nitrogens with zero attached hydrogens (tertiary/aromatic N) is 2. The molecule has 1 atom stereocenters. The van der Waals surface area contributed by atoms with Crippen molar-refractivity contribution in [3.8, 4) is 0 Å². The molecule has 1 saturated heterocycles. The van der Waals surface area contributed by atoms with Gasteiger partial charge in [-0.3, -0.25) is 9.80 Å². The summed E-state index contributed by atoms with van der Waals surface area (Å²) in [6.45, 7) is 5.91. The Bertz CT molecular complexity index is 409. The predicted octanol–water partition coefficient (Wildman–Crippen LogP) is 1.12. The van der Waals surface area contributed by atoms with Crippen molar-refractivity contribution in [2.75, 3.05) is 53.0 Å². The minimum atomic E-state index is -0.762. The molecule has 1 aliphatic heterocycles. The second-order valence-corrected chi connectivity index (χ2v) is 5.17. The number of aliphatic hydroxyl groups excluding tert-OH is 1. The van der Waals surface area contributed by atoms with Crippen LogP contribution in [0, 0.1) is 5.82 Å². The van der Waals surface area contributed by atoms with Gasteiger partial charge in [-0.15, -0.1) is 0 Å². The third-order valence-corrected chi connectivity index (χ3v) is 3.77. The molecule has 2 rings (SSSR count). The van der Waals surface area contributed by atoms with Gasteiger partial charge in [-0.1, -0.05) is 18.2 Å². The third-order valence-electron chi connectivity index (χ3n) is 3.77. The average Bonchev–Trinajstić information content (AvgIpc) is 2.47. The SMILES string of the molecule is COCCN1CCN(C[C@H](O)c2ccccc2F)CC1. The van der Waals surface area contributed by atoms with Gasteiger partial charge in [0.1, 0.15) is 5.82 Å². The van der Waals surface area contributed by atoms with Crippen LogP contribution in [0.4, 0.5) is 4.39 Å². The molecule has 4 nitrogen and oxygen atoms in total. The van der Waals surface area contributed by atoms with Gasteiger partial charge in [0.15, 0.2) is 0 Å². The van der Waals surface area contributed by atoms with E-state index in [1.165, 1.54) is 6.07 Å². The molecule has 0 aromatic heterocycles. The summed E-state index contributed by atoms with van der Waals surface area (Å²) in [4.78, 5) is 4.52. The van der Waals surface area contributed by atoms with E-state index in [9.17, 15) is 9.50 Å². The highest BCUT2D eigenvalue weighted by Gasteiger charge is 2.20. The second kappa shape index (κ2) is 7.69. The molecule has 5 heteroatoms. The molecule has 1 aromatic carbocycles. The van der Waals surface area contributed by atoms with Crippen molar-refractivity contribution >= 4 is 0 Å². The lowest BCUT2D eigenvalue weighted by molar-refractivity contribution is 0.0599. The van der Waals surface area contributed by atoms with Crippen molar-refractivity contribution in [3.63, 3.8) is 0 Å². The van der Waals surface area contributed by atoms with Gasteiger partial charge in [0.2, 0.25) is 0 Å². The van der Waals surface area contributed by atoms with E-state index >= 15 is 0 Å². The zero-order valence-corrected chi connectivity index (χ0v) is 12.0. The topological polar surface area (TPSA) is 35.9 Å². The van der Waals surface area contributed by atoms with Crippen LogP contribution in [0.5, 0.6) is 0 Å². The molecular formula is C15H23FN2O2. The smallest absolute Gasteiger partial charge is 0.129 e. The van der Waals surface area contributed by atoms with E-state index < -0.39 is 6.10 Å². The van der Waals surface area contributed by atoms with Gasteiger partial charge in [-0.05, 0) is 6.07 Å². The molecule has 1 fully saturated rings. The Morgan fingerprint density at radius 3 is 2.50 bits per heavy atom. The Morgan fingerprint density at radius 1 is 1.20 bits per heavy atom. The fourth-order valence-electron chi connectivity index (χ4n) is 2.50. The summed E-state index contributed by atoms with van der Waals surface area (Å²) in [5.41, 5.74) is 0.384. The molecule has 1 aliphatic rings. The number of ether oxygens (including phenoxy) is 1. The van der Waals surface area contributed by atoms with Gasteiger partial charge in [-0.2, -0.15) is 0 Å². The number of hydrogen-bond donors (Lipinski definition) is 1. The monoisotopic (exact) mass is 282 g/mol. The predicted molar refractivity (Wildman–Crippen MR) is 76.1 cm³/mol. The van der Waals surface area contributed by atoms with Gasteiger partial charge >= 0.3 is 0 Å². The Labute approximate surface area is 119 Å². The number of piperazine rings is 1. The molecule has 0 bridgehead atoms. The first-order chi connectivity index (χ1) is 9.70. The number of aliphatic hydroxyl groups is 1. The zero-order valence-electron chi connectivity index (χ0n) is 12.0. The van der Waals surface area contributed by atoms with Gasteiger partial charge in [0.25, 0.3) is 0 Å². The van der Waals surface area contributed by atoms with E-state index in [1.54, 1.807) is 25.3 Å². The van der Waals surface area contributed by atoms with Crippen LogP contribution in [-0.2, 0) is 4.74 Å². The number of β-amino-alcohol motifs (C(OH)–C–C–N with tert-alkyl or cyclic N) is 1. The fourth-order valence-corrected chi connectivity index (χ4v) is 2.50. The molecule has 1 aromatic rings. The number of hydrogen-bond acceptors (Lipinski definition) is 4. The van der Waals surface area contributed by atoms with Gasteiger partial charge < -0.3 is 9.84 Å². The fraction of sp³-hybridized carbons (Fsp3) is 0.600. The Kier molecular flexibility index (Phi) is 5.91. The zero-order chi connectivity index (χ0) is 14.4. The lowest BCUT2D eigenvalue weighted by Crippen LogP contribution is -2.48. The minimum absolute atomic E-state index is 0.335. The van der Waals surface area contributed by atoms with Gasteiger partial charge in [-0.25, -0.2) is 4.39 Å². The van der Waals surface area contributed by atoms with Gasteiger partial charge in [0.05, 0.1) is 12.7 Å². The van der Waals surface area contributed by atoms with Crippen molar-refractivity contribution < 1.29 is 14.2 Å². The quantitative estimate of drug-likeness (QED) is 0.848. The molecule has 0 unspecified atom stereocenters. The first-order valence-electron chi connectivity index (χ1n) is 7.07. The molecule has 0 spiro atoms. The maximum Gasteiger partial charge on any atom is 0.129 e. The molecule has 0 amide bonds. The highest BCUT2D eigenvalue weighted by atomic mass is 19.1. The van der Waals surface area contributed by atoms with Crippen molar-refractivity contribution in [1.29, 1.82) is 0 Å². The lowest BCUT2D eigenvalue weighted by Gasteiger charge is -2.35. The molecule has 20 heavy (non-hydrogen) atoms. The molecule has 0 aliphatic carbocycles. The van der Waals surface area contributed by atoms with E-state index in [2.05, 4.69) is 9.80 Å². The summed E-state index contributed by atoms with van der Waals surface area (Å²) < 4.78 is 18.7. The first kappa shape index (κ1) is 15.4. The van der Waals surface area contributed by atoms with Crippen molar-refractivity contribution in [3.05, 3.63) is 35.6 Å². The van der Waals surface area contributed by atoms with Crippen molar-refractivity contribution in [2.45, 2.75) is 6.10 Å². The summed E-state index contributed by atoms with van der Waals surface area (Å²) in [5.74, 6) is -0.335.